The molecule has 0 aliphatic rings. The van der Waals surface area contributed by atoms with Crippen LogP contribution in [0.5, 0.6) is 0 Å². The zero-order chi connectivity index (χ0) is 9.68. The van der Waals surface area contributed by atoms with Crippen LogP contribution in [0, 0.1) is 0 Å². The lowest BCUT2D eigenvalue weighted by Gasteiger charge is -2.19. The number of nitrogens with zero attached hydrogens (tertiary/aromatic N) is 2. The van der Waals surface area contributed by atoms with Crippen molar-refractivity contribution in [3.8, 4) is 0 Å². The third-order valence-electron chi connectivity index (χ3n) is 1.99. The molecule has 0 atom stereocenters. The minimum atomic E-state index is 0.634. The van der Waals surface area contributed by atoms with Crippen molar-refractivity contribution in [3.63, 3.8) is 0 Å². The lowest BCUT2D eigenvalue weighted by molar-refractivity contribution is 0.736. The first-order valence-electron chi connectivity index (χ1n) is 4.75. The number of nitrogen functional groups attached to an aromatic ring is 1. The summed E-state index contributed by atoms with van der Waals surface area (Å²) < 4.78 is 4.07. The molecule has 1 rings (SSSR count). The summed E-state index contributed by atoms with van der Waals surface area (Å²) in [5.74, 6) is 0.634. The predicted octanol–water partition coefficient (Wildman–Crippen LogP) is 2.35. The van der Waals surface area contributed by atoms with E-state index >= 15 is 0 Å². The Hall–Kier alpha value is -0.770. The number of aromatic nitrogens is 1. The largest absolute Gasteiger partial charge is 0.383 e. The molecule has 0 bridgehead atoms. The molecule has 0 aliphatic heterocycles. The van der Waals surface area contributed by atoms with Gasteiger partial charge in [-0.2, -0.15) is 4.37 Å². The van der Waals surface area contributed by atoms with Crippen molar-refractivity contribution in [2.24, 2.45) is 0 Å². The maximum atomic E-state index is 5.57. The fraction of sp³-hybridized carbons (Fsp3) is 0.667. The molecule has 0 saturated heterocycles. The van der Waals surface area contributed by atoms with Gasteiger partial charge in [0.05, 0.1) is 0 Å². The van der Waals surface area contributed by atoms with Crippen molar-refractivity contribution in [2.75, 3.05) is 23.7 Å². The highest BCUT2D eigenvalue weighted by Gasteiger charge is 2.06. The van der Waals surface area contributed by atoms with Crippen LogP contribution in [0.15, 0.2) is 6.07 Å². The van der Waals surface area contributed by atoms with E-state index in [2.05, 4.69) is 23.1 Å². The van der Waals surface area contributed by atoms with Gasteiger partial charge in [-0.25, -0.2) is 0 Å². The Balaban J connectivity index is 2.56. The average molecular weight is 199 g/mol. The second-order valence-corrected chi connectivity index (χ2v) is 3.81. The average Bonchev–Trinajstić information content (AvgIpc) is 2.54. The van der Waals surface area contributed by atoms with Crippen LogP contribution in [0.25, 0.3) is 0 Å². The van der Waals surface area contributed by atoms with E-state index < -0.39 is 0 Å². The van der Waals surface area contributed by atoms with Crippen LogP contribution in [0.1, 0.15) is 26.7 Å². The summed E-state index contributed by atoms with van der Waals surface area (Å²) in [5, 5.41) is 1.19. The fourth-order valence-corrected chi connectivity index (χ4v) is 1.96. The van der Waals surface area contributed by atoms with Crippen molar-refractivity contribution in [3.05, 3.63) is 6.07 Å². The molecular weight excluding hydrogens is 182 g/mol. The molecule has 0 fully saturated rings. The Morgan fingerprint density at radius 1 is 1.54 bits per heavy atom. The maximum Gasteiger partial charge on any atom is 0.139 e. The highest BCUT2D eigenvalue weighted by atomic mass is 32.1. The molecule has 4 heteroatoms. The van der Waals surface area contributed by atoms with Crippen molar-refractivity contribution < 1.29 is 0 Å². The minimum absolute atomic E-state index is 0.634. The van der Waals surface area contributed by atoms with Crippen LogP contribution in [0.3, 0.4) is 0 Å². The molecule has 3 nitrogen and oxygen atoms in total. The molecule has 1 aromatic heterocycles. The molecule has 0 unspecified atom stereocenters. The van der Waals surface area contributed by atoms with Crippen LogP contribution in [0.4, 0.5) is 10.8 Å². The van der Waals surface area contributed by atoms with Crippen LogP contribution in [0.2, 0.25) is 0 Å². The van der Waals surface area contributed by atoms with Gasteiger partial charge in [-0.1, -0.05) is 13.3 Å². The fourth-order valence-electron chi connectivity index (χ4n) is 1.20. The summed E-state index contributed by atoms with van der Waals surface area (Å²) in [6.45, 7) is 6.50. The molecule has 13 heavy (non-hydrogen) atoms. The van der Waals surface area contributed by atoms with Gasteiger partial charge in [-0.05, 0) is 24.9 Å². The van der Waals surface area contributed by atoms with Crippen molar-refractivity contribution in [1.82, 2.24) is 4.37 Å². The van der Waals surface area contributed by atoms with Crippen molar-refractivity contribution in [1.29, 1.82) is 0 Å². The Morgan fingerprint density at radius 3 is 2.77 bits per heavy atom. The third-order valence-corrected chi connectivity index (χ3v) is 2.86. The Bertz CT molecular complexity index is 247. The molecule has 0 aromatic carbocycles. The van der Waals surface area contributed by atoms with Gasteiger partial charge in [0.25, 0.3) is 0 Å². The first kappa shape index (κ1) is 10.3. The van der Waals surface area contributed by atoms with Gasteiger partial charge < -0.3 is 10.6 Å². The molecule has 2 N–H and O–H groups in total. The number of nitrogens with two attached hydrogens (primary N) is 1. The molecule has 1 aromatic rings. The summed E-state index contributed by atoms with van der Waals surface area (Å²) in [4.78, 5) is 2.32. The van der Waals surface area contributed by atoms with Crippen LogP contribution in [-0.4, -0.2) is 17.5 Å². The van der Waals surface area contributed by atoms with Gasteiger partial charge in [0, 0.05) is 19.2 Å². The molecule has 0 aliphatic carbocycles. The summed E-state index contributed by atoms with van der Waals surface area (Å²) in [7, 11) is 0. The summed E-state index contributed by atoms with van der Waals surface area (Å²) in [6.07, 6.45) is 2.45. The molecular formula is C9H17N3S. The molecule has 0 saturated carbocycles. The van der Waals surface area contributed by atoms with E-state index in [0.29, 0.717) is 5.82 Å². The summed E-state index contributed by atoms with van der Waals surface area (Å²) >= 11 is 1.48. The number of hydrogen-bond donors (Lipinski definition) is 1. The second kappa shape index (κ2) is 5.07. The highest BCUT2D eigenvalue weighted by molar-refractivity contribution is 7.10. The van der Waals surface area contributed by atoms with Gasteiger partial charge >= 0.3 is 0 Å². The van der Waals surface area contributed by atoms with E-state index in [0.717, 1.165) is 13.1 Å². The molecule has 0 spiro atoms. The van der Waals surface area contributed by atoms with Gasteiger partial charge in [-0.15, -0.1) is 0 Å². The van der Waals surface area contributed by atoms with Gasteiger partial charge in [0.2, 0.25) is 0 Å². The number of anilines is 2. The first-order chi connectivity index (χ1) is 6.27. The molecule has 0 amide bonds. The Labute approximate surface area is 83.7 Å². The number of rotatable bonds is 5. The Kier molecular flexibility index (Phi) is 4.02. The number of hydrogen-bond acceptors (Lipinski definition) is 4. The van der Waals surface area contributed by atoms with Crippen molar-refractivity contribution in [2.45, 2.75) is 26.7 Å². The van der Waals surface area contributed by atoms with Gasteiger partial charge in [-0.3, -0.25) is 0 Å². The SMILES string of the molecule is CCCCN(CC)c1cc(N)ns1. The molecule has 74 valence electrons. The normalized spacial score (nSPS) is 10.3. The predicted molar refractivity (Wildman–Crippen MR) is 59.3 cm³/mol. The van der Waals surface area contributed by atoms with E-state index in [1.54, 1.807) is 0 Å². The standard InChI is InChI=1S/C9H17N3S/c1-3-5-6-12(4-2)9-7-8(10)11-13-9/h7H,3-6H2,1-2H3,(H2,10,11). The number of unbranched alkanes of at least 4 members (excludes halogenated alkanes) is 1. The summed E-state index contributed by atoms with van der Waals surface area (Å²) in [5.41, 5.74) is 5.57. The molecule has 1 heterocycles. The maximum absolute atomic E-state index is 5.57. The van der Waals surface area contributed by atoms with Gasteiger partial charge in [0.1, 0.15) is 10.8 Å². The smallest absolute Gasteiger partial charge is 0.139 e. The molecule has 0 radical (unpaired) electrons. The van der Waals surface area contributed by atoms with Crippen LogP contribution >= 0.6 is 11.5 Å². The van der Waals surface area contributed by atoms with E-state index in [-0.39, 0.29) is 0 Å². The van der Waals surface area contributed by atoms with E-state index in [4.69, 9.17) is 5.73 Å². The third kappa shape index (κ3) is 2.88. The second-order valence-electron chi connectivity index (χ2n) is 3.02. The van der Waals surface area contributed by atoms with E-state index in [1.165, 1.54) is 29.4 Å². The quantitative estimate of drug-likeness (QED) is 0.791. The highest BCUT2D eigenvalue weighted by Crippen LogP contribution is 2.22. The van der Waals surface area contributed by atoms with E-state index in [1.807, 2.05) is 6.07 Å². The summed E-state index contributed by atoms with van der Waals surface area (Å²) in [6, 6.07) is 1.95. The monoisotopic (exact) mass is 199 g/mol. The minimum Gasteiger partial charge on any atom is -0.383 e. The lowest BCUT2D eigenvalue weighted by atomic mass is 10.3. The lowest BCUT2D eigenvalue weighted by Crippen LogP contribution is -2.22. The van der Waals surface area contributed by atoms with E-state index in [9.17, 15) is 0 Å². The van der Waals surface area contributed by atoms with Gasteiger partial charge in [0.15, 0.2) is 0 Å². The van der Waals surface area contributed by atoms with Crippen molar-refractivity contribution >= 4 is 22.4 Å². The zero-order valence-corrected chi connectivity index (χ0v) is 9.10. The zero-order valence-electron chi connectivity index (χ0n) is 8.29. The van der Waals surface area contributed by atoms with Crippen LogP contribution in [-0.2, 0) is 0 Å². The van der Waals surface area contributed by atoms with Crippen LogP contribution < -0.4 is 10.6 Å². The topological polar surface area (TPSA) is 42.1 Å². The Morgan fingerprint density at radius 2 is 2.31 bits per heavy atom. The first-order valence-corrected chi connectivity index (χ1v) is 5.52.